The van der Waals surface area contributed by atoms with Gasteiger partial charge in [0.1, 0.15) is 0 Å². The van der Waals surface area contributed by atoms with E-state index in [2.05, 4.69) is 21.9 Å². The van der Waals surface area contributed by atoms with Gasteiger partial charge in [0.15, 0.2) is 0 Å². The summed E-state index contributed by atoms with van der Waals surface area (Å²) in [5, 5.41) is 0. The Hall–Kier alpha value is -1.39. The lowest BCUT2D eigenvalue weighted by molar-refractivity contribution is -0.139. The van der Waals surface area contributed by atoms with Gasteiger partial charge in [-0.15, -0.1) is 0 Å². The van der Waals surface area contributed by atoms with Gasteiger partial charge in [0.05, 0.1) is 6.04 Å². The molecule has 132 valence electrons. The van der Waals surface area contributed by atoms with Crippen LogP contribution in [0, 0.1) is 5.92 Å². The van der Waals surface area contributed by atoms with Gasteiger partial charge in [-0.2, -0.15) is 0 Å². The van der Waals surface area contributed by atoms with E-state index in [1.807, 2.05) is 25.2 Å². The lowest BCUT2D eigenvalue weighted by atomic mass is 9.78. The number of likely N-dealkylation sites (N-methyl/N-ethyl adjacent to an activating group) is 1. The SMILES string of the molecule is CN(Cc1ccccc1)C[C@@H](N)C(=O)N1CCC[C@@H]2CCCC[C@@H]21. The summed E-state index contributed by atoms with van der Waals surface area (Å²) in [5.74, 6) is 0.872. The maximum absolute atomic E-state index is 12.9. The average molecular weight is 329 g/mol. The van der Waals surface area contributed by atoms with Crippen LogP contribution in [-0.4, -0.2) is 47.9 Å². The smallest absolute Gasteiger partial charge is 0.241 e. The number of hydrogen-bond acceptors (Lipinski definition) is 3. The van der Waals surface area contributed by atoms with E-state index in [1.165, 1.54) is 37.7 Å². The number of hydrogen-bond donors (Lipinski definition) is 1. The van der Waals surface area contributed by atoms with Gasteiger partial charge < -0.3 is 15.5 Å². The molecule has 1 saturated carbocycles. The van der Waals surface area contributed by atoms with Crippen LogP contribution in [0.25, 0.3) is 0 Å². The van der Waals surface area contributed by atoms with Crippen molar-refractivity contribution in [2.24, 2.45) is 11.7 Å². The highest BCUT2D eigenvalue weighted by Gasteiger charge is 2.37. The third kappa shape index (κ3) is 4.17. The molecule has 4 heteroatoms. The molecule has 0 bridgehead atoms. The fourth-order valence-electron chi connectivity index (χ4n) is 4.48. The Morgan fingerprint density at radius 2 is 1.92 bits per heavy atom. The minimum Gasteiger partial charge on any atom is -0.338 e. The molecule has 24 heavy (non-hydrogen) atoms. The van der Waals surface area contributed by atoms with E-state index < -0.39 is 6.04 Å². The van der Waals surface area contributed by atoms with Gasteiger partial charge in [-0.25, -0.2) is 0 Å². The second-order valence-electron chi connectivity index (χ2n) is 7.57. The number of amides is 1. The lowest BCUT2D eigenvalue weighted by Gasteiger charge is -2.45. The molecule has 4 nitrogen and oxygen atoms in total. The molecule has 0 spiro atoms. The van der Waals surface area contributed by atoms with Gasteiger partial charge in [-0.3, -0.25) is 4.79 Å². The van der Waals surface area contributed by atoms with Crippen LogP contribution < -0.4 is 5.73 Å². The summed E-state index contributed by atoms with van der Waals surface area (Å²) in [7, 11) is 2.04. The first-order chi connectivity index (χ1) is 11.6. The fraction of sp³-hybridized carbons (Fsp3) is 0.650. The van der Waals surface area contributed by atoms with E-state index in [-0.39, 0.29) is 5.91 Å². The van der Waals surface area contributed by atoms with Crippen molar-refractivity contribution in [2.75, 3.05) is 20.1 Å². The molecule has 2 fully saturated rings. The van der Waals surface area contributed by atoms with E-state index in [4.69, 9.17) is 5.73 Å². The second-order valence-corrected chi connectivity index (χ2v) is 7.57. The lowest BCUT2D eigenvalue weighted by Crippen LogP contribution is -2.56. The van der Waals surface area contributed by atoms with Crippen LogP contribution in [0.5, 0.6) is 0 Å². The van der Waals surface area contributed by atoms with Gasteiger partial charge in [0.25, 0.3) is 0 Å². The average Bonchev–Trinajstić information content (AvgIpc) is 2.61. The van der Waals surface area contributed by atoms with Crippen molar-refractivity contribution in [3.05, 3.63) is 35.9 Å². The summed E-state index contributed by atoms with van der Waals surface area (Å²) < 4.78 is 0. The normalized spacial score (nSPS) is 25.4. The molecule has 1 aliphatic heterocycles. The van der Waals surface area contributed by atoms with Gasteiger partial charge in [0, 0.05) is 25.7 Å². The number of nitrogens with two attached hydrogens (primary N) is 1. The number of fused-ring (bicyclic) bond motifs is 1. The zero-order valence-corrected chi connectivity index (χ0v) is 14.9. The number of nitrogens with zero attached hydrogens (tertiary/aromatic N) is 2. The molecule has 0 radical (unpaired) electrons. The predicted octanol–water partition coefficient (Wildman–Crippen LogP) is 2.63. The van der Waals surface area contributed by atoms with Gasteiger partial charge in [0.2, 0.25) is 5.91 Å². The Morgan fingerprint density at radius 1 is 1.21 bits per heavy atom. The topological polar surface area (TPSA) is 49.6 Å². The first kappa shape index (κ1) is 17.4. The molecule has 3 rings (SSSR count). The van der Waals surface area contributed by atoms with Crippen molar-refractivity contribution in [3.63, 3.8) is 0 Å². The van der Waals surface area contributed by atoms with Crippen LogP contribution in [-0.2, 0) is 11.3 Å². The maximum atomic E-state index is 12.9. The zero-order valence-electron chi connectivity index (χ0n) is 14.9. The molecule has 1 amide bonds. The molecular weight excluding hydrogens is 298 g/mol. The molecule has 1 aromatic carbocycles. The molecular formula is C20H31N3O. The highest BCUT2D eigenvalue weighted by atomic mass is 16.2. The first-order valence-corrected chi connectivity index (χ1v) is 9.43. The molecule has 0 aromatic heterocycles. The number of benzene rings is 1. The van der Waals surface area contributed by atoms with Crippen LogP contribution in [0.15, 0.2) is 30.3 Å². The monoisotopic (exact) mass is 329 g/mol. The molecule has 1 heterocycles. The summed E-state index contributed by atoms with van der Waals surface area (Å²) >= 11 is 0. The Labute approximate surface area is 146 Å². The van der Waals surface area contributed by atoms with Crippen molar-refractivity contribution >= 4 is 5.91 Å². The quantitative estimate of drug-likeness (QED) is 0.903. The largest absolute Gasteiger partial charge is 0.338 e. The van der Waals surface area contributed by atoms with Crippen molar-refractivity contribution in [2.45, 2.75) is 57.2 Å². The summed E-state index contributed by atoms with van der Waals surface area (Å²) in [4.78, 5) is 17.2. The van der Waals surface area contributed by atoms with Crippen molar-refractivity contribution in [1.82, 2.24) is 9.80 Å². The first-order valence-electron chi connectivity index (χ1n) is 9.43. The fourth-order valence-corrected chi connectivity index (χ4v) is 4.48. The third-order valence-electron chi connectivity index (χ3n) is 5.65. The van der Waals surface area contributed by atoms with Crippen LogP contribution in [0.4, 0.5) is 0 Å². The molecule has 1 saturated heterocycles. The Bertz CT molecular complexity index is 531. The number of carbonyl (C=O) groups is 1. The standard InChI is InChI=1S/C20H31N3O/c1-22(14-16-8-3-2-4-9-16)15-18(21)20(24)23-13-7-11-17-10-5-6-12-19(17)23/h2-4,8-9,17-19H,5-7,10-15,21H2,1H3/t17-,18+,19-/m0/s1. The zero-order chi connectivity index (χ0) is 16.9. The molecule has 2 aliphatic rings. The van der Waals surface area contributed by atoms with Crippen molar-refractivity contribution in [1.29, 1.82) is 0 Å². The van der Waals surface area contributed by atoms with Crippen LogP contribution >= 0.6 is 0 Å². The summed E-state index contributed by atoms with van der Waals surface area (Å²) in [6, 6.07) is 10.4. The molecule has 1 aromatic rings. The van der Waals surface area contributed by atoms with E-state index in [0.717, 1.165) is 19.5 Å². The van der Waals surface area contributed by atoms with Gasteiger partial charge in [-0.1, -0.05) is 43.2 Å². The number of rotatable bonds is 5. The van der Waals surface area contributed by atoms with Crippen LogP contribution in [0.3, 0.4) is 0 Å². The number of likely N-dealkylation sites (tertiary alicyclic amines) is 1. The van der Waals surface area contributed by atoms with Crippen molar-refractivity contribution in [3.8, 4) is 0 Å². The molecule has 2 N–H and O–H groups in total. The van der Waals surface area contributed by atoms with E-state index in [1.54, 1.807) is 0 Å². The van der Waals surface area contributed by atoms with E-state index >= 15 is 0 Å². The van der Waals surface area contributed by atoms with E-state index in [9.17, 15) is 4.79 Å². The summed E-state index contributed by atoms with van der Waals surface area (Å²) in [5.41, 5.74) is 7.55. The number of carbonyl (C=O) groups excluding carboxylic acids is 1. The maximum Gasteiger partial charge on any atom is 0.241 e. The van der Waals surface area contributed by atoms with Gasteiger partial charge >= 0.3 is 0 Å². The Morgan fingerprint density at radius 3 is 2.71 bits per heavy atom. The third-order valence-corrected chi connectivity index (χ3v) is 5.65. The highest BCUT2D eigenvalue weighted by molar-refractivity contribution is 5.82. The number of piperidine rings is 1. The minimum atomic E-state index is -0.417. The Kier molecular flexibility index (Phi) is 5.90. The van der Waals surface area contributed by atoms with Crippen molar-refractivity contribution < 1.29 is 4.79 Å². The molecule has 1 aliphatic carbocycles. The summed E-state index contributed by atoms with van der Waals surface area (Å²) in [6.45, 7) is 2.34. The Balaban J connectivity index is 1.55. The highest BCUT2D eigenvalue weighted by Crippen LogP contribution is 2.35. The molecule has 3 atom stereocenters. The second kappa shape index (κ2) is 8.13. The van der Waals surface area contributed by atoms with E-state index in [0.29, 0.717) is 18.5 Å². The predicted molar refractivity (Wildman–Crippen MR) is 97.4 cm³/mol. The van der Waals surface area contributed by atoms with Crippen LogP contribution in [0.2, 0.25) is 0 Å². The summed E-state index contributed by atoms with van der Waals surface area (Å²) in [6.07, 6.45) is 7.47. The van der Waals surface area contributed by atoms with Gasteiger partial charge in [-0.05, 0) is 44.2 Å². The molecule has 0 unspecified atom stereocenters. The van der Waals surface area contributed by atoms with Crippen LogP contribution in [0.1, 0.15) is 44.1 Å². The minimum absolute atomic E-state index is 0.159.